The molecule has 0 aliphatic carbocycles. The third-order valence-electron chi connectivity index (χ3n) is 8.62. The Labute approximate surface area is 270 Å². The van der Waals surface area contributed by atoms with Gasteiger partial charge in [0.2, 0.25) is 0 Å². The van der Waals surface area contributed by atoms with E-state index < -0.39 is 0 Å². The highest BCUT2D eigenvalue weighted by molar-refractivity contribution is 7.25. The SMILES string of the molecule is c1ccc(N(c2ccccc2)c2cccc3oc4cccc(N(c5ccccc5)c5ccc6c(c5)sc5ccccc56)c4c23)cc1. The molecule has 2 heterocycles. The van der Waals surface area contributed by atoms with Crippen molar-refractivity contribution in [3.8, 4) is 0 Å². The lowest BCUT2D eigenvalue weighted by atomic mass is 10.0. The molecule has 0 bridgehead atoms. The summed E-state index contributed by atoms with van der Waals surface area (Å²) in [5, 5.41) is 4.73. The molecule has 7 aromatic carbocycles. The minimum atomic E-state index is 0.852. The van der Waals surface area contributed by atoms with E-state index in [0.29, 0.717) is 0 Å². The summed E-state index contributed by atoms with van der Waals surface area (Å²) in [4.78, 5) is 4.69. The van der Waals surface area contributed by atoms with Gasteiger partial charge in [-0.2, -0.15) is 0 Å². The molecule has 0 saturated carbocycles. The molecular formula is C42H28N2OS. The number of furan rings is 1. The highest BCUT2D eigenvalue weighted by atomic mass is 32.1. The summed E-state index contributed by atoms with van der Waals surface area (Å²) >= 11 is 1.84. The van der Waals surface area contributed by atoms with Crippen LogP contribution in [0, 0.1) is 0 Å². The molecule has 0 amide bonds. The lowest BCUT2D eigenvalue weighted by molar-refractivity contribution is 0.669. The second kappa shape index (κ2) is 11.0. The highest BCUT2D eigenvalue weighted by Crippen LogP contribution is 2.48. The van der Waals surface area contributed by atoms with Crippen molar-refractivity contribution in [1.82, 2.24) is 0 Å². The third kappa shape index (κ3) is 4.34. The molecule has 0 unspecified atom stereocenters. The Balaban J connectivity index is 1.33. The standard InChI is InChI=1S/C42H28N2OS/c1-4-14-29(15-5-1)43(30-16-6-2-7-17-30)35-21-12-23-37-41(35)42-36(22-13-24-38(42)45-37)44(31-18-8-3-9-19-31)32-26-27-34-33-20-10-11-25-39(33)46-40(34)28-32/h1-28H. The quantitative estimate of drug-likeness (QED) is 0.187. The summed E-state index contributed by atoms with van der Waals surface area (Å²) < 4.78 is 9.21. The van der Waals surface area contributed by atoms with Crippen molar-refractivity contribution in [2.75, 3.05) is 9.80 Å². The van der Waals surface area contributed by atoms with Crippen LogP contribution in [0.15, 0.2) is 174 Å². The smallest absolute Gasteiger partial charge is 0.137 e. The van der Waals surface area contributed by atoms with E-state index >= 15 is 0 Å². The second-order valence-electron chi connectivity index (χ2n) is 11.4. The van der Waals surface area contributed by atoms with Gasteiger partial charge in [-0.3, -0.25) is 0 Å². The Morgan fingerprint density at radius 2 is 0.848 bits per heavy atom. The largest absolute Gasteiger partial charge is 0.456 e. The lowest BCUT2D eigenvalue weighted by Gasteiger charge is -2.28. The average molecular weight is 609 g/mol. The number of thiophene rings is 1. The number of rotatable bonds is 6. The molecule has 9 rings (SSSR count). The normalized spacial score (nSPS) is 11.5. The second-order valence-corrected chi connectivity index (χ2v) is 12.4. The number of hydrogen-bond donors (Lipinski definition) is 0. The fraction of sp³-hybridized carbons (Fsp3) is 0. The highest BCUT2D eigenvalue weighted by Gasteiger charge is 2.24. The number of fused-ring (bicyclic) bond motifs is 6. The zero-order valence-corrected chi connectivity index (χ0v) is 25.7. The van der Waals surface area contributed by atoms with Crippen LogP contribution in [-0.2, 0) is 0 Å². The molecule has 0 saturated heterocycles. The van der Waals surface area contributed by atoms with Gasteiger partial charge in [-0.1, -0.05) is 91.0 Å². The maximum Gasteiger partial charge on any atom is 0.137 e. The molecule has 0 atom stereocenters. The van der Waals surface area contributed by atoms with Crippen LogP contribution < -0.4 is 9.80 Å². The van der Waals surface area contributed by atoms with Crippen molar-refractivity contribution < 1.29 is 4.42 Å². The van der Waals surface area contributed by atoms with Gasteiger partial charge in [0.15, 0.2) is 0 Å². The van der Waals surface area contributed by atoms with E-state index in [0.717, 1.165) is 56.1 Å². The molecule has 0 spiro atoms. The van der Waals surface area contributed by atoms with Crippen molar-refractivity contribution in [2.24, 2.45) is 0 Å². The van der Waals surface area contributed by atoms with Crippen molar-refractivity contribution in [2.45, 2.75) is 0 Å². The van der Waals surface area contributed by atoms with E-state index in [1.807, 2.05) is 11.3 Å². The molecule has 0 aliphatic rings. The molecule has 0 radical (unpaired) electrons. The van der Waals surface area contributed by atoms with Crippen molar-refractivity contribution in [3.05, 3.63) is 170 Å². The first-order chi connectivity index (χ1) is 22.8. The summed E-state index contributed by atoms with van der Waals surface area (Å²) in [6, 6.07) is 60.0. The van der Waals surface area contributed by atoms with Crippen molar-refractivity contribution in [3.63, 3.8) is 0 Å². The molecule has 9 aromatic rings. The van der Waals surface area contributed by atoms with Gasteiger partial charge in [-0.05, 0) is 78.9 Å². The lowest BCUT2D eigenvalue weighted by Crippen LogP contribution is -2.11. The van der Waals surface area contributed by atoms with E-state index in [-0.39, 0.29) is 0 Å². The minimum Gasteiger partial charge on any atom is -0.456 e. The van der Waals surface area contributed by atoms with Gasteiger partial charge in [0, 0.05) is 42.9 Å². The van der Waals surface area contributed by atoms with E-state index in [1.54, 1.807) is 0 Å². The van der Waals surface area contributed by atoms with E-state index in [9.17, 15) is 0 Å². The van der Waals surface area contributed by atoms with Gasteiger partial charge in [0.25, 0.3) is 0 Å². The maximum absolute atomic E-state index is 6.64. The zero-order valence-electron chi connectivity index (χ0n) is 24.9. The number of para-hydroxylation sites is 3. The number of benzene rings is 7. The van der Waals surface area contributed by atoms with Crippen LogP contribution >= 0.6 is 11.3 Å². The topological polar surface area (TPSA) is 19.6 Å². The molecule has 0 N–H and O–H groups in total. The molecule has 218 valence electrons. The zero-order chi connectivity index (χ0) is 30.5. The summed E-state index contributed by atoms with van der Waals surface area (Å²) in [6.45, 7) is 0. The van der Waals surface area contributed by atoms with Gasteiger partial charge in [-0.25, -0.2) is 0 Å². The van der Waals surface area contributed by atoms with Crippen LogP contribution in [0.2, 0.25) is 0 Å². The summed E-state index contributed by atoms with van der Waals surface area (Å²) in [6.07, 6.45) is 0. The van der Waals surface area contributed by atoms with Crippen LogP contribution in [0.4, 0.5) is 34.1 Å². The van der Waals surface area contributed by atoms with Gasteiger partial charge >= 0.3 is 0 Å². The molecule has 4 heteroatoms. The van der Waals surface area contributed by atoms with Crippen molar-refractivity contribution >= 4 is 87.6 Å². The Morgan fingerprint density at radius 3 is 1.41 bits per heavy atom. The van der Waals surface area contributed by atoms with Crippen LogP contribution in [0.5, 0.6) is 0 Å². The Bertz CT molecular complexity index is 2440. The van der Waals surface area contributed by atoms with E-state index in [1.165, 1.54) is 20.2 Å². The van der Waals surface area contributed by atoms with E-state index in [4.69, 9.17) is 4.42 Å². The summed E-state index contributed by atoms with van der Waals surface area (Å²) in [5.41, 5.74) is 8.20. The Morgan fingerprint density at radius 1 is 0.370 bits per heavy atom. The van der Waals surface area contributed by atoms with Crippen LogP contribution in [-0.4, -0.2) is 0 Å². The van der Waals surface area contributed by atoms with Crippen molar-refractivity contribution in [1.29, 1.82) is 0 Å². The fourth-order valence-corrected chi connectivity index (χ4v) is 7.78. The summed E-state index contributed by atoms with van der Waals surface area (Å²) in [5.74, 6) is 0. The average Bonchev–Trinajstić information content (AvgIpc) is 3.69. The number of anilines is 6. The first kappa shape index (κ1) is 26.6. The number of nitrogens with zero attached hydrogens (tertiary/aromatic N) is 2. The Kier molecular flexibility index (Phi) is 6.32. The number of hydrogen-bond acceptors (Lipinski definition) is 4. The van der Waals surface area contributed by atoms with Crippen LogP contribution in [0.25, 0.3) is 42.1 Å². The molecule has 0 fully saturated rings. The predicted octanol–water partition coefficient (Wildman–Crippen LogP) is 12.9. The van der Waals surface area contributed by atoms with Gasteiger partial charge in [0.1, 0.15) is 11.2 Å². The van der Waals surface area contributed by atoms with Gasteiger partial charge in [-0.15, -0.1) is 11.3 Å². The third-order valence-corrected chi connectivity index (χ3v) is 9.76. The van der Waals surface area contributed by atoms with Crippen LogP contribution in [0.3, 0.4) is 0 Å². The maximum atomic E-state index is 6.64. The first-order valence-electron chi connectivity index (χ1n) is 15.4. The predicted molar refractivity (Wildman–Crippen MR) is 196 cm³/mol. The van der Waals surface area contributed by atoms with Gasteiger partial charge in [0.05, 0.1) is 22.1 Å². The molecule has 2 aromatic heterocycles. The van der Waals surface area contributed by atoms with Gasteiger partial charge < -0.3 is 14.2 Å². The molecular weight excluding hydrogens is 581 g/mol. The Hall–Kier alpha value is -5.84. The summed E-state index contributed by atoms with van der Waals surface area (Å²) in [7, 11) is 0. The van der Waals surface area contributed by atoms with E-state index in [2.05, 4.69) is 180 Å². The fourth-order valence-electron chi connectivity index (χ4n) is 6.64. The van der Waals surface area contributed by atoms with Crippen LogP contribution in [0.1, 0.15) is 0 Å². The first-order valence-corrected chi connectivity index (χ1v) is 16.3. The molecule has 46 heavy (non-hydrogen) atoms. The monoisotopic (exact) mass is 608 g/mol. The minimum absolute atomic E-state index is 0.852. The molecule has 0 aliphatic heterocycles. The molecule has 3 nitrogen and oxygen atoms in total.